The second-order valence-corrected chi connectivity index (χ2v) is 4.01. The minimum atomic E-state index is -0.977. The van der Waals surface area contributed by atoms with Crippen molar-refractivity contribution in [2.45, 2.75) is 19.9 Å². The Morgan fingerprint density at radius 1 is 1.50 bits per heavy atom. The van der Waals surface area contributed by atoms with Crippen molar-refractivity contribution in [2.75, 3.05) is 11.9 Å². The molecule has 0 aliphatic carbocycles. The predicted octanol–water partition coefficient (Wildman–Crippen LogP) is 1.67. The van der Waals surface area contributed by atoms with Gasteiger partial charge in [0.25, 0.3) is 0 Å². The van der Waals surface area contributed by atoms with Gasteiger partial charge in [0.2, 0.25) is 11.7 Å². The normalized spacial score (nSPS) is 10.4. The molecule has 1 rings (SSSR count). The molecule has 98 valence electrons. The third-order valence-electron chi connectivity index (χ3n) is 2.10. The lowest BCUT2D eigenvalue weighted by Crippen LogP contribution is -2.32. The maximum atomic E-state index is 13.3. The van der Waals surface area contributed by atoms with Crippen LogP contribution in [0.15, 0.2) is 18.2 Å². The van der Waals surface area contributed by atoms with Crippen molar-refractivity contribution < 1.29 is 14.1 Å². The van der Waals surface area contributed by atoms with Crippen LogP contribution in [-0.2, 0) is 4.79 Å². The largest absolute Gasteiger partial charge is 0.325 e. The minimum absolute atomic E-state index is 0.0935. The molecule has 0 radical (unpaired) electrons. The first kappa shape index (κ1) is 14.0. The number of nitro groups is 1. The van der Waals surface area contributed by atoms with E-state index in [2.05, 4.69) is 10.6 Å². The molecule has 0 unspecified atom stereocenters. The van der Waals surface area contributed by atoms with Gasteiger partial charge in [0.05, 0.1) is 11.5 Å². The zero-order valence-electron chi connectivity index (χ0n) is 10.1. The highest BCUT2D eigenvalue weighted by atomic mass is 19.1. The van der Waals surface area contributed by atoms with Gasteiger partial charge >= 0.3 is 5.69 Å². The van der Waals surface area contributed by atoms with Gasteiger partial charge in [-0.3, -0.25) is 14.9 Å². The molecule has 0 aliphatic rings. The van der Waals surface area contributed by atoms with Crippen molar-refractivity contribution in [3.05, 3.63) is 34.1 Å². The Morgan fingerprint density at radius 2 is 2.17 bits per heavy atom. The summed E-state index contributed by atoms with van der Waals surface area (Å²) in [6.45, 7) is 3.87. The zero-order valence-corrected chi connectivity index (χ0v) is 10.1. The molecule has 7 heteroatoms. The summed E-state index contributed by atoms with van der Waals surface area (Å²) in [4.78, 5) is 21.0. The summed E-state index contributed by atoms with van der Waals surface area (Å²) >= 11 is 0. The topological polar surface area (TPSA) is 84.3 Å². The zero-order chi connectivity index (χ0) is 13.7. The number of nitro benzene ring substituents is 1. The molecule has 1 aromatic carbocycles. The molecular weight excluding hydrogens is 241 g/mol. The summed E-state index contributed by atoms with van der Waals surface area (Å²) < 4.78 is 13.3. The fraction of sp³-hybridized carbons (Fsp3) is 0.364. The van der Waals surface area contributed by atoms with E-state index in [0.29, 0.717) is 0 Å². The number of nitrogens with one attached hydrogen (secondary N) is 2. The van der Waals surface area contributed by atoms with Gasteiger partial charge < -0.3 is 10.6 Å². The summed E-state index contributed by atoms with van der Waals surface area (Å²) in [6.07, 6.45) is 0. The summed E-state index contributed by atoms with van der Waals surface area (Å²) in [5.41, 5.74) is -0.429. The summed E-state index contributed by atoms with van der Waals surface area (Å²) in [7, 11) is 0. The van der Waals surface area contributed by atoms with Gasteiger partial charge in [0, 0.05) is 23.9 Å². The number of amides is 1. The molecule has 0 bridgehead atoms. The maximum absolute atomic E-state index is 13.3. The van der Waals surface area contributed by atoms with Gasteiger partial charge in [-0.2, -0.15) is 4.39 Å². The molecule has 18 heavy (non-hydrogen) atoms. The Labute approximate surface area is 103 Å². The van der Waals surface area contributed by atoms with Crippen LogP contribution in [0.3, 0.4) is 0 Å². The van der Waals surface area contributed by atoms with E-state index >= 15 is 0 Å². The molecule has 1 amide bonds. The molecule has 1 aromatic rings. The van der Waals surface area contributed by atoms with Gasteiger partial charge in [-0.25, -0.2) is 0 Å². The number of hydrogen-bond donors (Lipinski definition) is 2. The third kappa shape index (κ3) is 4.10. The molecule has 0 spiro atoms. The standard InChI is InChI=1S/C11H14FN3O3/c1-7(2)13-6-11(16)14-8-3-4-10(15(17)18)9(12)5-8/h3-5,7,13H,6H2,1-2H3,(H,14,16). The fourth-order valence-electron chi connectivity index (χ4n) is 1.23. The van der Waals surface area contributed by atoms with E-state index in [0.717, 1.165) is 12.1 Å². The molecule has 0 atom stereocenters. The highest BCUT2D eigenvalue weighted by Gasteiger charge is 2.14. The fourth-order valence-corrected chi connectivity index (χ4v) is 1.23. The van der Waals surface area contributed by atoms with Crippen LogP contribution in [0.4, 0.5) is 15.8 Å². The minimum Gasteiger partial charge on any atom is -0.325 e. The average Bonchev–Trinajstić information content (AvgIpc) is 2.26. The van der Waals surface area contributed by atoms with Crippen LogP contribution in [0, 0.1) is 15.9 Å². The number of halogens is 1. The van der Waals surface area contributed by atoms with E-state index in [1.54, 1.807) is 0 Å². The maximum Gasteiger partial charge on any atom is 0.304 e. The second-order valence-electron chi connectivity index (χ2n) is 4.01. The Hall–Kier alpha value is -2.02. The molecule has 2 N–H and O–H groups in total. The van der Waals surface area contributed by atoms with Gasteiger partial charge in [-0.15, -0.1) is 0 Å². The number of carbonyl (C=O) groups excluding carboxylic acids is 1. The molecular formula is C11H14FN3O3. The Kier molecular flexibility index (Phi) is 4.73. The molecule has 0 aromatic heterocycles. The van der Waals surface area contributed by atoms with Crippen molar-refractivity contribution in [2.24, 2.45) is 0 Å². The monoisotopic (exact) mass is 255 g/mol. The lowest BCUT2D eigenvalue weighted by Gasteiger charge is -2.08. The first-order chi connectivity index (χ1) is 8.40. The Bertz CT molecular complexity index is 463. The van der Waals surface area contributed by atoms with Crippen molar-refractivity contribution in [1.29, 1.82) is 0 Å². The SMILES string of the molecule is CC(C)NCC(=O)Nc1ccc([N+](=O)[O-])c(F)c1. The van der Waals surface area contributed by atoms with Gasteiger partial charge in [-0.1, -0.05) is 13.8 Å². The number of rotatable bonds is 5. The Balaban J connectivity index is 2.66. The quantitative estimate of drug-likeness (QED) is 0.619. The highest BCUT2D eigenvalue weighted by Crippen LogP contribution is 2.20. The average molecular weight is 255 g/mol. The smallest absolute Gasteiger partial charge is 0.304 e. The summed E-state index contributed by atoms with van der Waals surface area (Å²) in [6, 6.07) is 3.38. The molecule has 0 heterocycles. The molecule has 6 nitrogen and oxygen atoms in total. The molecule has 0 saturated carbocycles. The van der Waals surface area contributed by atoms with Crippen LogP contribution >= 0.6 is 0 Å². The van der Waals surface area contributed by atoms with E-state index in [-0.39, 0.29) is 24.2 Å². The van der Waals surface area contributed by atoms with Crippen LogP contribution in [0.5, 0.6) is 0 Å². The number of anilines is 1. The van der Waals surface area contributed by atoms with Crippen LogP contribution in [0.25, 0.3) is 0 Å². The van der Waals surface area contributed by atoms with Crippen LogP contribution < -0.4 is 10.6 Å². The third-order valence-corrected chi connectivity index (χ3v) is 2.10. The van der Waals surface area contributed by atoms with E-state index in [9.17, 15) is 19.3 Å². The van der Waals surface area contributed by atoms with Crippen LogP contribution in [-0.4, -0.2) is 23.4 Å². The van der Waals surface area contributed by atoms with Gasteiger partial charge in [0.15, 0.2) is 0 Å². The van der Waals surface area contributed by atoms with Gasteiger partial charge in [0.1, 0.15) is 0 Å². The van der Waals surface area contributed by atoms with E-state index in [1.165, 1.54) is 6.07 Å². The lowest BCUT2D eigenvalue weighted by atomic mass is 10.2. The molecule has 0 aliphatic heterocycles. The Morgan fingerprint density at radius 3 is 2.67 bits per heavy atom. The molecule has 0 saturated heterocycles. The number of hydrogen-bond acceptors (Lipinski definition) is 4. The predicted molar refractivity (Wildman–Crippen MR) is 64.8 cm³/mol. The summed E-state index contributed by atoms with van der Waals surface area (Å²) in [5.74, 6) is -1.31. The highest BCUT2D eigenvalue weighted by molar-refractivity contribution is 5.92. The first-order valence-corrected chi connectivity index (χ1v) is 5.37. The molecule has 0 fully saturated rings. The van der Waals surface area contributed by atoms with Gasteiger partial charge in [-0.05, 0) is 6.07 Å². The number of carbonyl (C=O) groups is 1. The van der Waals surface area contributed by atoms with E-state index in [1.807, 2.05) is 13.8 Å². The van der Waals surface area contributed by atoms with E-state index < -0.39 is 16.4 Å². The van der Waals surface area contributed by atoms with Crippen molar-refractivity contribution in [1.82, 2.24) is 5.32 Å². The number of nitrogens with zero attached hydrogens (tertiary/aromatic N) is 1. The second kappa shape index (κ2) is 6.06. The van der Waals surface area contributed by atoms with Crippen LogP contribution in [0.2, 0.25) is 0 Å². The van der Waals surface area contributed by atoms with Crippen LogP contribution in [0.1, 0.15) is 13.8 Å². The van der Waals surface area contributed by atoms with Crippen molar-refractivity contribution >= 4 is 17.3 Å². The summed E-state index contributed by atoms with van der Waals surface area (Å²) in [5, 5.41) is 15.7. The van der Waals surface area contributed by atoms with Crippen molar-refractivity contribution in [3.63, 3.8) is 0 Å². The van der Waals surface area contributed by atoms with Crippen molar-refractivity contribution in [3.8, 4) is 0 Å². The number of benzene rings is 1. The first-order valence-electron chi connectivity index (χ1n) is 5.37. The lowest BCUT2D eigenvalue weighted by molar-refractivity contribution is -0.387. The van der Waals surface area contributed by atoms with E-state index in [4.69, 9.17) is 0 Å².